The zero-order valence-corrected chi connectivity index (χ0v) is 21.1. The van der Waals surface area contributed by atoms with Crippen LogP contribution in [0.25, 0.3) is 0 Å². The average molecular weight is 468 g/mol. The number of hydrogen-bond donors (Lipinski definition) is 0. The van der Waals surface area contributed by atoms with Crippen LogP contribution in [-0.4, -0.2) is 92.2 Å². The molecule has 8 heteroatoms. The van der Waals surface area contributed by atoms with Gasteiger partial charge in [0.25, 0.3) is 0 Å². The van der Waals surface area contributed by atoms with E-state index in [1.54, 1.807) is 0 Å². The van der Waals surface area contributed by atoms with E-state index in [0.717, 1.165) is 96.9 Å². The molecule has 190 valence electrons. The first kappa shape index (κ1) is 27.4. The summed E-state index contributed by atoms with van der Waals surface area (Å²) in [4.78, 5) is 43.3. The molecule has 1 saturated carbocycles. The van der Waals surface area contributed by atoms with E-state index < -0.39 is 0 Å². The minimum absolute atomic E-state index is 0.0329. The van der Waals surface area contributed by atoms with Gasteiger partial charge in [0.2, 0.25) is 0 Å². The van der Waals surface area contributed by atoms with Crippen LogP contribution < -0.4 is 0 Å². The second-order valence-electron chi connectivity index (χ2n) is 9.47. The van der Waals surface area contributed by atoms with E-state index in [9.17, 15) is 14.4 Å². The first-order chi connectivity index (χ1) is 16.0. The predicted molar refractivity (Wildman–Crippen MR) is 128 cm³/mol. The summed E-state index contributed by atoms with van der Waals surface area (Å²) in [6, 6.07) is 0.359. The molecule has 1 aliphatic carbocycles. The third-order valence-electron chi connectivity index (χ3n) is 6.99. The van der Waals surface area contributed by atoms with E-state index in [0.29, 0.717) is 13.0 Å². The van der Waals surface area contributed by atoms with Gasteiger partial charge in [-0.15, -0.1) is 0 Å². The molecule has 0 aromatic rings. The number of rotatable bonds is 11. The highest BCUT2D eigenvalue weighted by atomic mass is 16.5. The van der Waals surface area contributed by atoms with Crippen molar-refractivity contribution in [2.75, 3.05) is 53.5 Å². The Morgan fingerprint density at radius 1 is 0.909 bits per heavy atom. The van der Waals surface area contributed by atoms with E-state index in [1.807, 2.05) is 11.8 Å². The summed E-state index contributed by atoms with van der Waals surface area (Å²) < 4.78 is 9.91. The molecule has 0 aromatic heterocycles. The largest absolute Gasteiger partial charge is 0.469 e. The Bertz CT molecular complexity index is 607. The number of amides is 2. The molecule has 0 N–H and O–H groups in total. The Kier molecular flexibility index (Phi) is 12.6. The summed E-state index contributed by atoms with van der Waals surface area (Å²) in [7, 11) is 3.56. The summed E-state index contributed by atoms with van der Waals surface area (Å²) in [5, 5.41) is 0. The Balaban J connectivity index is 1.85. The first-order valence-electron chi connectivity index (χ1n) is 12.9. The van der Waals surface area contributed by atoms with Crippen molar-refractivity contribution in [1.82, 2.24) is 14.7 Å². The molecule has 2 amide bonds. The lowest BCUT2D eigenvalue weighted by molar-refractivity contribution is -0.147. The lowest BCUT2D eigenvalue weighted by atomic mass is 9.85. The molecule has 8 nitrogen and oxygen atoms in total. The minimum atomic E-state index is -0.121. The van der Waals surface area contributed by atoms with Crippen LogP contribution >= 0.6 is 0 Å². The molecule has 2 fully saturated rings. The fraction of sp³-hybridized carbons (Fsp3) is 0.880. The highest BCUT2D eigenvalue weighted by molar-refractivity contribution is 5.75. The van der Waals surface area contributed by atoms with Crippen LogP contribution in [0.1, 0.15) is 77.6 Å². The van der Waals surface area contributed by atoms with E-state index >= 15 is 0 Å². The molecule has 0 unspecified atom stereocenters. The normalized spacial score (nSPS) is 21.8. The molecule has 0 atom stereocenters. The Morgan fingerprint density at radius 3 is 2.30 bits per heavy atom. The van der Waals surface area contributed by atoms with Crippen LogP contribution in [0.15, 0.2) is 0 Å². The molecule has 2 rings (SSSR count). The summed E-state index contributed by atoms with van der Waals surface area (Å²) in [5.74, 6) is -0.265. The summed E-state index contributed by atoms with van der Waals surface area (Å²) in [6.45, 7) is 6.56. The Morgan fingerprint density at radius 2 is 1.61 bits per heavy atom. The van der Waals surface area contributed by atoms with Crippen LogP contribution in [0.2, 0.25) is 0 Å². The van der Waals surface area contributed by atoms with E-state index in [1.165, 1.54) is 7.11 Å². The first-order valence-corrected chi connectivity index (χ1v) is 12.9. The van der Waals surface area contributed by atoms with Crippen molar-refractivity contribution >= 4 is 18.0 Å². The summed E-state index contributed by atoms with van der Waals surface area (Å²) in [6.07, 6.45) is 9.74. The van der Waals surface area contributed by atoms with Crippen molar-refractivity contribution in [2.45, 2.75) is 83.6 Å². The zero-order chi connectivity index (χ0) is 24.1. The van der Waals surface area contributed by atoms with Crippen LogP contribution in [0, 0.1) is 5.92 Å². The number of methoxy groups -OCH3 is 1. The van der Waals surface area contributed by atoms with Gasteiger partial charge in [-0.2, -0.15) is 0 Å². The number of likely N-dealkylation sites (N-methyl/N-ethyl adjacent to an activating group) is 1. The van der Waals surface area contributed by atoms with Gasteiger partial charge in [-0.25, -0.2) is 4.79 Å². The lowest BCUT2D eigenvalue weighted by Gasteiger charge is -2.39. The van der Waals surface area contributed by atoms with Crippen LogP contribution in [0.3, 0.4) is 0 Å². The molecule has 0 radical (unpaired) electrons. The SMILES string of the molecule is CCOC(=O)CCCCCCCN(C(=O)N1CCCN(C)CC1)C1CCC(C(=O)OC)CC1. The minimum Gasteiger partial charge on any atom is -0.469 e. The third-order valence-corrected chi connectivity index (χ3v) is 6.99. The van der Waals surface area contributed by atoms with Crippen molar-refractivity contribution < 1.29 is 23.9 Å². The maximum atomic E-state index is 13.5. The Hall–Kier alpha value is -1.83. The summed E-state index contributed by atoms with van der Waals surface area (Å²) in [5.41, 5.74) is 0. The number of unbranched alkanes of at least 4 members (excludes halogenated alkanes) is 4. The number of hydrogen-bond acceptors (Lipinski definition) is 6. The number of ether oxygens (including phenoxy) is 2. The van der Waals surface area contributed by atoms with Gasteiger partial charge in [-0.1, -0.05) is 19.3 Å². The van der Waals surface area contributed by atoms with Gasteiger partial charge in [0, 0.05) is 38.6 Å². The van der Waals surface area contributed by atoms with Crippen LogP contribution in [-0.2, 0) is 19.1 Å². The summed E-state index contributed by atoms with van der Waals surface area (Å²) >= 11 is 0. The highest BCUT2D eigenvalue weighted by Gasteiger charge is 2.33. The smallest absolute Gasteiger partial charge is 0.320 e. The number of esters is 2. The maximum Gasteiger partial charge on any atom is 0.320 e. The fourth-order valence-corrected chi connectivity index (χ4v) is 4.96. The van der Waals surface area contributed by atoms with Crippen molar-refractivity contribution in [1.29, 1.82) is 0 Å². The topological polar surface area (TPSA) is 79.4 Å². The van der Waals surface area contributed by atoms with Gasteiger partial charge in [0.05, 0.1) is 19.6 Å². The fourth-order valence-electron chi connectivity index (χ4n) is 4.96. The van der Waals surface area contributed by atoms with Crippen molar-refractivity contribution in [3.8, 4) is 0 Å². The van der Waals surface area contributed by atoms with Crippen molar-refractivity contribution in [3.63, 3.8) is 0 Å². The highest BCUT2D eigenvalue weighted by Crippen LogP contribution is 2.29. The molecule has 2 aliphatic rings. The monoisotopic (exact) mass is 467 g/mol. The average Bonchev–Trinajstić information content (AvgIpc) is 3.04. The molecule has 1 aliphatic heterocycles. The zero-order valence-electron chi connectivity index (χ0n) is 21.1. The predicted octanol–water partition coefficient (Wildman–Crippen LogP) is 3.68. The van der Waals surface area contributed by atoms with Gasteiger partial charge in [-0.05, 0) is 65.5 Å². The van der Waals surface area contributed by atoms with E-state index in [2.05, 4.69) is 16.8 Å². The number of urea groups is 1. The van der Waals surface area contributed by atoms with Crippen molar-refractivity contribution in [2.24, 2.45) is 5.92 Å². The second-order valence-corrected chi connectivity index (χ2v) is 9.47. The van der Waals surface area contributed by atoms with E-state index in [4.69, 9.17) is 9.47 Å². The van der Waals surface area contributed by atoms with Gasteiger partial charge in [0.1, 0.15) is 0 Å². The third kappa shape index (κ3) is 9.51. The molecule has 0 aromatic carbocycles. The molecule has 1 heterocycles. The molecule has 33 heavy (non-hydrogen) atoms. The molecule has 0 spiro atoms. The Labute approximate surface area is 199 Å². The van der Waals surface area contributed by atoms with Gasteiger partial charge >= 0.3 is 18.0 Å². The van der Waals surface area contributed by atoms with Crippen LogP contribution in [0.5, 0.6) is 0 Å². The standard InChI is InChI=1S/C25H45N3O5/c1-4-33-23(29)11-8-6-5-7-9-18-28(22-14-12-21(13-15-22)24(30)32-3)25(31)27-17-10-16-26(2)19-20-27/h21-22H,4-20H2,1-3H3. The molecule has 1 saturated heterocycles. The molecular weight excluding hydrogens is 422 g/mol. The molecular formula is C25H45N3O5. The van der Waals surface area contributed by atoms with Crippen LogP contribution in [0.4, 0.5) is 4.79 Å². The van der Waals surface area contributed by atoms with Gasteiger partial charge in [-0.3, -0.25) is 9.59 Å². The second kappa shape index (κ2) is 15.1. The number of nitrogens with zero attached hydrogens (tertiary/aromatic N) is 3. The maximum absolute atomic E-state index is 13.5. The van der Waals surface area contributed by atoms with Gasteiger partial charge in [0.15, 0.2) is 0 Å². The van der Waals surface area contributed by atoms with Crippen molar-refractivity contribution in [3.05, 3.63) is 0 Å². The number of carbonyl (C=O) groups is 3. The van der Waals surface area contributed by atoms with Gasteiger partial charge < -0.3 is 24.2 Å². The quantitative estimate of drug-likeness (QED) is 0.341. The number of carbonyl (C=O) groups excluding carboxylic acids is 3. The van der Waals surface area contributed by atoms with E-state index in [-0.39, 0.29) is 29.9 Å². The lowest BCUT2D eigenvalue weighted by Crippen LogP contribution is -2.50. The molecule has 0 bridgehead atoms.